The molecule has 2 aliphatic rings. The zero-order chi connectivity index (χ0) is 24.0. The van der Waals surface area contributed by atoms with Gasteiger partial charge >= 0.3 is 0 Å². The van der Waals surface area contributed by atoms with E-state index in [1.54, 1.807) is 0 Å². The number of aromatic nitrogens is 1. The summed E-state index contributed by atoms with van der Waals surface area (Å²) in [5, 5.41) is 15.1. The number of benzene rings is 2. The number of aromatic amines is 1. The van der Waals surface area contributed by atoms with Gasteiger partial charge in [0, 0.05) is 28.4 Å². The van der Waals surface area contributed by atoms with Crippen molar-refractivity contribution in [3.63, 3.8) is 0 Å². The molecule has 35 heavy (non-hydrogen) atoms. The highest BCUT2D eigenvalue weighted by Crippen LogP contribution is 2.57. The third kappa shape index (κ3) is 3.45. The van der Waals surface area contributed by atoms with E-state index in [1.165, 1.54) is 6.42 Å². The Morgan fingerprint density at radius 2 is 2.09 bits per heavy atom. The lowest BCUT2D eigenvalue weighted by Crippen LogP contribution is -2.64. The molecule has 178 valence electrons. The number of fused-ring (bicyclic) bond motifs is 3. The molecule has 2 heterocycles. The molecule has 0 radical (unpaired) electrons. The van der Waals surface area contributed by atoms with Gasteiger partial charge < -0.3 is 19.6 Å². The second kappa shape index (κ2) is 8.58. The molecule has 2 fully saturated rings. The van der Waals surface area contributed by atoms with Crippen LogP contribution in [0.15, 0.2) is 59.0 Å². The van der Waals surface area contributed by atoms with Crippen LogP contribution in [0.4, 0.5) is 0 Å². The van der Waals surface area contributed by atoms with Crippen LogP contribution in [-0.2, 0) is 6.54 Å². The highest BCUT2D eigenvalue weighted by Gasteiger charge is 2.59. The largest absolute Gasteiger partial charge is 0.458 e. The lowest BCUT2D eigenvalue weighted by Gasteiger charge is -2.57. The van der Waals surface area contributed by atoms with E-state index < -0.39 is 0 Å². The summed E-state index contributed by atoms with van der Waals surface area (Å²) in [7, 11) is 0. The van der Waals surface area contributed by atoms with Gasteiger partial charge in [-0.1, -0.05) is 36.8 Å². The molecule has 2 saturated carbocycles. The Hall–Kier alpha value is -3.56. The number of nitriles is 1. The van der Waals surface area contributed by atoms with E-state index in [4.69, 9.17) is 4.42 Å². The number of H-pyrrole nitrogens is 1. The Bertz CT molecular complexity index is 1410. The fourth-order valence-electron chi connectivity index (χ4n) is 6.81. The average Bonchev–Trinajstić information content (AvgIpc) is 3.55. The fourth-order valence-corrected chi connectivity index (χ4v) is 6.81. The zero-order valence-corrected chi connectivity index (χ0v) is 20.0. The SMILES string of the molecule is CCN(C(=O)c1cc2ccccc2[nH]1)C12CCC[C@H]1C(CNCc1oc3ccccc3c1C#N)C2. The third-order valence-electron chi connectivity index (χ3n) is 8.33. The number of carbonyl (C=O) groups excluding carboxylic acids is 1. The summed E-state index contributed by atoms with van der Waals surface area (Å²) in [6.45, 7) is 4.22. The van der Waals surface area contributed by atoms with Crippen molar-refractivity contribution in [2.45, 2.75) is 44.7 Å². The summed E-state index contributed by atoms with van der Waals surface area (Å²) in [5.74, 6) is 1.85. The Labute approximate surface area is 204 Å². The number of rotatable bonds is 7. The van der Waals surface area contributed by atoms with Gasteiger partial charge in [0.1, 0.15) is 28.7 Å². The van der Waals surface area contributed by atoms with Gasteiger partial charge in [0.05, 0.1) is 6.54 Å². The van der Waals surface area contributed by atoms with Crippen LogP contribution in [0.3, 0.4) is 0 Å². The van der Waals surface area contributed by atoms with Crippen molar-refractivity contribution in [3.8, 4) is 6.07 Å². The Kier molecular flexibility index (Phi) is 5.38. The van der Waals surface area contributed by atoms with Gasteiger partial charge in [-0.2, -0.15) is 5.26 Å². The topological polar surface area (TPSA) is 85.1 Å². The summed E-state index contributed by atoms with van der Waals surface area (Å²) in [6.07, 6.45) is 4.43. The monoisotopic (exact) mass is 466 g/mol. The minimum absolute atomic E-state index is 0.0351. The second-order valence-corrected chi connectivity index (χ2v) is 10.0. The standard InChI is InChI=1S/C29H30N4O2/c1-2-33(28(34)25-14-19-8-3-5-11-24(19)32-25)29-13-7-10-23(29)20(15-29)17-31-18-27-22(16-30)21-9-4-6-12-26(21)35-27/h3-6,8-9,11-12,14,20,23,31-32H,2,7,10,13,15,17-18H2,1H3/t20?,23-,29?/m0/s1. The van der Waals surface area contributed by atoms with Gasteiger partial charge in [-0.05, 0) is 68.8 Å². The van der Waals surface area contributed by atoms with Crippen molar-refractivity contribution in [1.29, 1.82) is 5.26 Å². The molecule has 6 rings (SSSR count). The van der Waals surface area contributed by atoms with Gasteiger partial charge in [-0.25, -0.2) is 0 Å². The molecular formula is C29H30N4O2. The van der Waals surface area contributed by atoms with E-state index in [0.29, 0.717) is 35.4 Å². The van der Waals surface area contributed by atoms with Crippen molar-refractivity contribution >= 4 is 27.8 Å². The van der Waals surface area contributed by atoms with Crippen LogP contribution < -0.4 is 5.32 Å². The molecule has 0 spiro atoms. The zero-order valence-electron chi connectivity index (χ0n) is 20.0. The van der Waals surface area contributed by atoms with Crippen molar-refractivity contribution in [2.75, 3.05) is 13.1 Å². The van der Waals surface area contributed by atoms with Gasteiger partial charge in [-0.15, -0.1) is 0 Å². The molecular weight excluding hydrogens is 436 g/mol. The minimum Gasteiger partial charge on any atom is -0.458 e. The van der Waals surface area contributed by atoms with Crippen LogP contribution in [0.1, 0.15) is 54.4 Å². The summed E-state index contributed by atoms with van der Waals surface area (Å²) in [6, 6.07) is 20.0. The molecule has 0 saturated heterocycles. The highest BCUT2D eigenvalue weighted by molar-refractivity contribution is 5.98. The van der Waals surface area contributed by atoms with Gasteiger partial charge in [0.15, 0.2) is 0 Å². The predicted octanol–water partition coefficient (Wildman–Crippen LogP) is 5.60. The summed E-state index contributed by atoms with van der Waals surface area (Å²) >= 11 is 0. The molecule has 2 aromatic heterocycles. The Balaban J connectivity index is 1.15. The molecule has 2 aromatic carbocycles. The first-order chi connectivity index (χ1) is 17.1. The summed E-state index contributed by atoms with van der Waals surface area (Å²) in [4.78, 5) is 19.1. The molecule has 4 aromatic rings. The first-order valence-electron chi connectivity index (χ1n) is 12.7. The number of furan rings is 1. The quantitative estimate of drug-likeness (QED) is 0.371. The molecule has 2 unspecified atom stereocenters. The number of nitrogens with zero attached hydrogens (tertiary/aromatic N) is 2. The van der Waals surface area contributed by atoms with E-state index in [2.05, 4.69) is 28.2 Å². The first kappa shape index (κ1) is 21.9. The fraction of sp³-hybridized carbons (Fsp3) is 0.379. The molecule has 0 bridgehead atoms. The third-order valence-corrected chi connectivity index (χ3v) is 8.33. The van der Waals surface area contributed by atoms with Crippen molar-refractivity contribution in [1.82, 2.24) is 15.2 Å². The van der Waals surface area contributed by atoms with Gasteiger partial charge in [-0.3, -0.25) is 4.79 Å². The van der Waals surface area contributed by atoms with E-state index in [-0.39, 0.29) is 11.4 Å². The van der Waals surface area contributed by atoms with Crippen LogP contribution >= 0.6 is 0 Å². The van der Waals surface area contributed by atoms with Crippen LogP contribution in [0, 0.1) is 23.2 Å². The number of hydrogen-bond acceptors (Lipinski definition) is 4. The Morgan fingerprint density at radius 3 is 2.91 bits per heavy atom. The molecule has 0 aliphatic heterocycles. The smallest absolute Gasteiger partial charge is 0.270 e. The van der Waals surface area contributed by atoms with Gasteiger partial charge in [0.2, 0.25) is 0 Å². The van der Waals surface area contributed by atoms with E-state index in [1.807, 2.05) is 54.6 Å². The average molecular weight is 467 g/mol. The van der Waals surface area contributed by atoms with E-state index in [9.17, 15) is 10.1 Å². The minimum atomic E-state index is -0.0351. The second-order valence-electron chi connectivity index (χ2n) is 10.0. The maximum Gasteiger partial charge on any atom is 0.270 e. The molecule has 6 nitrogen and oxygen atoms in total. The van der Waals surface area contributed by atoms with Crippen LogP contribution in [0.25, 0.3) is 21.9 Å². The lowest BCUT2D eigenvalue weighted by molar-refractivity contribution is -0.0524. The molecule has 2 aliphatic carbocycles. The first-order valence-corrected chi connectivity index (χ1v) is 12.7. The predicted molar refractivity (Wildman–Crippen MR) is 136 cm³/mol. The van der Waals surface area contributed by atoms with Crippen LogP contribution in [-0.4, -0.2) is 34.4 Å². The lowest BCUT2D eigenvalue weighted by atomic mass is 9.59. The number of nitrogens with one attached hydrogen (secondary N) is 2. The van der Waals surface area contributed by atoms with E-state index in [0.717, 1.165) is 54.2 Å². The Morgan fingerprint density at radius 1 is 1.26 bits per heavy atom. The molecule has 3 atom stereocenters. The number of carbonyl (C=O) groups is 1. The van der Waals surface area contributed by atoms with Crippen molar-refractivity contribution < 1.29 is 9.21 Å². The summed E-state index contributed by atoms with van der Waals surface area (Å²) < 4.78 is 5.95. The maximum absolute atomic E-state index is 13.6. The molecule has 6 heteroatoms. The number of amides is 1. The normalized spacial score (nSPS) is 23.2. The van der Waals surface area contributed by atoms with Crippen molar-refractivity contribution in [2.24, 2.45) is 11.8 Å². The highest BCUT2D eigenvalue weighted by atomic mass is 16.3. The number of para-hydroxylation sites is 2. The van der Waals surface area contributed by atoms with E-state index >= 15 is 0 Å². The maximum atomic E-state index is 13.6. The van der Waals surface area contributed by atoms with Crippen LogP contribution in [0.5, 0.6) is 0 Å². The van der Waals surface area contributed by atoms with Crippen molar-refractivity contribution in [3.05, 3.63) is 71.6 Å². The van der Waals surface area contributed by atoms with Gasteiger partial charge in [0.25, 0.3) is 5.91 Å². The summed E-state index contributed by atoms with van der Waals surface area (Å²) in [5.41, 5.74) is 3.03. The molecule has 2 N–H and O–H groups in total. The van der Waals surface area contributed by atoms with Crippen LogP contribution in [0.2, 0.25) is 0 Å². The molecule has 1 amide bonds. The number of hydrogen-bond donors (Lipinski definition) is 2.